The van der Waals surface area contributed by atoms with Crippen LogP contribution in [0.15, 0.2) is 12.1 Å². The van der Waals surface area contributed by atoms with Crippen LogP contribution in [0.3, 0.4) is 0 Å². The molecule has 0 aliphatic heterocycles. The van der Waals surface area contributed by atoms with Gasteiger partial charge in [0, 0.05) is 5.56 Å². The third kappa shape index (κ3) is 1.78. The van der Waals surface area contributed by atoms with Gasteiger partial charge in [-0.1, -0.05) is 0 Å². The lowest BCUT2D eigenvalue weighted by atomic mass is 10.1. The van der Waals surface area contributed by atoms with Crippen molar-refractivity contribution in [2.75, 3.05) is 0 Å². The summed E-state index contributed by atoms with van der Waals surface area (Å²) in [7, 11) is 0. The Morgan fingerprint density at radius 3 is 2.07 bits per heavy atom. The van der Waals surface area contributed by atoms with E-state index in [4.69, 9.17) is 10.2 Å². The van der Waals surface area contributed by atoms with Crippen molar-refractivity contribution in [3.63, 3.8) is 0 Å². The summed E-state index contributed by atoms with van der Waals surface area (Å²) in [5, 5.41) is 17.7. The van der Waals surface area contributed by atoms with Gasteiger partial charge in [-0.25, -0.2) is 0 Å². The fourth-order valence-corrected chi connectivity index (χ4v) is 0.936. The highest BCUT2D eigenvalue weighted by atomic mass is 19.4. The molecule has 0 aromatic heterocycles. The lowest BCUT2D eigenvalue weighted by Gasteiger charge is -2.10. The van der Waals surface area contributed by atoms with Gasteiger partial charge in [0.1, 0.15) is 0 Å². The van der Waals surface area contributed by atoms with Crippen LogP contribution in [0.2, 0.25) is 0 Å². The lowest BCUT2D eigenvalue weighted by molar-refractivity contribution is -0.137. The van der Waals surface area contributed by atoms with Crippen molar-refractivity contribution in [1.82, 2.24) is 0 Å². The number of carbonyl (C=O) groups is 1. The number of benzene rings is 1. The van der Waals surface area contributed by atoms with Crippen molar-refractivity contribution in [2.45, 2.75) is 6.18 Å². The van der Waals surface area contributed by atoms with E-state index in [0.717, 1.165) is 0 Å². The van der Waals surface area contributed by atoms with Gasteiger partial charge in [0.05, 0.1) is 5.56 Å². The van der Waals surface area contributed by atoms with Gasteiger partial charge in [0.15, 0.2) is 17.8 Å². The molecule has 1 aromatic rings. The molecule has 14 heavy (non-hydrogen) atoms. The third-order valence-corrected chi connectivity index (χ3v) is 1.58. The second-order valence-electron chi connectivity index (χ2n) is 2.54. The second kappa shape index (κ2) is 3.21. The van der Waals surface area contributed by atoms with Gasteiger partial charge in [0.2, 0.25) is 0 Å². The fourth-order valence-electron chi connectivity index (χ4n) is 0.936. The van der Waals surface area contributed by atoms with Crippen LogP contribution in [-0.4, -0.2) is 16.5 Å². The van der Waals surface area contributed by atoms with Crippen molar-refractivity contribution >= 4 is 6.29 Å². The smallest absolute Gasteiger partial charge is 0.417 e. The number of phenols is 2. The molecule has 0 amide bonds. The molecule has 2 N–H and O–H groups in total. The first-order valence-corrected chi connectivity index (χ1v) is 3.44. The number of phenolic OH excluding ortho intramolecular Hbond substituents is 2. The van der Waals surface area contributed by atoms with E-state index in [-0.39, 0.29) is 6.29 Å². The minimum absolute atomic E-state index is 0.0397. The molecular weight excluding hydrogens is 201 g/mol. The molecule has 1 aromatic carbocycles. The zero-order valence-corrected chi connectivity index (χ0v) is 6.67. The quantitative estimate of drug-likeness (QED) is 0.545. The van der Waals surface area contributed by atoms with Gasteiger partial charge in [0.25, 0.3) is 0 Å². The molecule has 0 radical (unpaired) electrons. The Labute approximate surface area is 76.4 Å². The summed E-state index contributed by atoms with van der Waals surface area (Å²) < 4.78 is 36.6. The number of aromatic hydroxyl groups is 2. The Morgan fingerprint density at radius 2 is 1.64 bits per heavy atom. The summed E-state index contributed by atoms with van der Waals surface area (Å²) >= 11 is 0. The topological polar surface area (TPSA) is 57.5 Å². The first-order chi connectivity index (χ1) is 6.36. The third-order valence-electron chi connectivity index (χ3n) is 1.58. The number of hydrogen-bond donors (Lipinski definition) is 2. The summed E-state index contributed by atoms with van der Waals surface area (Å²) in [6, 6.07) is 0.865. The molecule has 0 saturated carbocycles. The largest absolute Gasteiger partial charge is 0.504 e. The number of carbonyl (C=O) groups excluding carboxylic acids is 1. The van der Waals surface area contributed by atoms with Gasteiger partial charge in [-0.15, -0.1) is 0 Å². The molecule has 0 bridgehead atoms. The summed E-state index contributed by atoms with van der Waals surface area (Å²) in [5.41, 5.74) is -1.99. The molecule has 0 unspecified atom stereocenters. The molecule has 0 spiro atoms. The maximum Gasteiger partial charge on any atom is 0.417 e. The van der Waals surface area contributed by atoms with Crippen LogP contribution in [0.5, 0.6) is 11.5 Å². The van der Waals surface area contributed by atoms with Gasteiger partial charge in [-0.2, -0.15) is 13.2 Å². The van der Waals surface area contributed by atoms with Gasteiger partial charge in [-0.3, -0.25) is 4.79 Å². The van der Waals surface area contributed by atoms with E-state index < -0.39 is 28.8 Å². The van der Waals surface area contributed by atoms with Crippen molar-refractivity contribution in [3.8, 4) is 11.5 Å². The molecule has 1 rings (SSSR count). The van der Waals surface area contributed by atoms with Crippen LogP contribution in [0.1, 0.15) is 15.9 Å². The Bertz CT molecular complexity index is 371. The summed E-state index contributed by atoms with van der Waals surface area (Å²) in [6.45, 7) is 0. The lowest BCUT2D eigenvalue weighted by Crippen LogP contribution is -2.08. The molecule has 0 saturated heterocycles. The summed E-state index contributed by atoms with van der Waals surface area (Å²) in [4.78, 5) is 10.2. The highest BCUT2D eigenvalue weighted by Gasteiger charge is 2.34. The Morgan fingerprint density at radius 1 is 1.14 bits per heavy atom. The average Bonchev–Trinajstić information content (AvgIpc) is 2.07. The summed E-state index contributed by atoms with van der Waals surface area (Å²) in [5.74, 6) is -1.68. The Hall–Kier alpha value is -1.72. The predicted molar refractivity (Wildman–Crippen MR) is 40.2 cm³/mol. The number of halogens is 3. The van der Waals surface area contributed by atoms with Crippen LogP contribution < -0.4 is 0 Å². The van der Waals surface area contributed by atoms with E-state index in [1.54, 1.807) is 0 Å². The SMILES string of the molecule is O=Cc1cc(O)c(O)cc1C(F)(F)F. The molecule has 0 aliphatic rings. The predicted octanol–water partition coefficient (Wildman–Crippen LogP) is 1.93. The van der Waals surface area contributed by atoms with Crippen LogP contribution in [0.25, 0.3) is 0 Å². The van der Waals surface area contributed by atoms with E-state index in [9.17, 15) is 18.0 Å². The zero-order chi connectivity index (χ0) is 10.9. The maximum atomic E-state index is 12.2. The van der Waals surface area contributed by atoms with Crippen molar-refractivity contribution in [1.29, 1.82) is 0 Å². The number of rotatable bonds is 1. The minimum Gasteiger partial charge on any atom is -0.504 e. The van der Waals surface area contributed by atoms with Gasteiger partial charge in [-0.05, 0) is 12.1 Å². The highest BCUT2D eigenvalue weighted by Crippen LogP contribution is 2.37. The van der Waals surface area contributed by atoms with Crippen molar-refractivity contribution in [2.24, 2.45) is 0 Å². The molecule has 3 nitrogen and oxygen atoms in total. The monoisotopic (exact) mass is 206 g/mol. The van der Waals surface area contributed by atoms with E-state index in [0.29, 0.717) is 12.1 Å². The molecule has 76 valence electrons. The number of alkyl halides is 3. The normalized spacial score (nSPS) is 11.4. The van der Waals surface area contributed by atoms with Crippen LogP contribution in [0.4, 0.5) is 13.2 Å². The number of aldehydes is 1. The van der Waals surface area contributed by atoms with Crippen molar-refractivity contribution in [3.05, 3.63) is 23.3 Å². The Balaban J connectivity index is 3.42. The van der Waals surface area contributed by atoms with Crippen molar-refractivity contribution < 1.29 is 28.2 Å². The van der Waals surface area contributed by atoms with E-state index in [1.807, 2.05) is 0 Å². The molecule has 0 aliphatic carbocycles. The molecular formula is C8H5F3O3. The van der Waals surface area contributed by atoms with E-state index in [2.05, 4.69) is 0 Å². The molecule has 0 fully saturated rings. The standard InChI is InChI=1S/C8H5F3O3/c9-8(10,11)5-2-7(14)6(13)1-4(5)3-12/h1-3,13-14H. The minimum atomic E-state index is -4.73. The average molecular weight is 206 g/mol. The number of hydrogen-bond acceptors (Lipinski definition) is 3. The molecule has 0 atom stereocenters. The van der Waals surface area contributed by atoms with Crippen LogP contribution in [0, 0.1) is 0 Å². The van der Waals surface area contributed by atoms with Gasteiger partial charge < -0.3 is 10.2 Å². The van der Waals surface area contributed by atoms with Gasteiger partial charge >= 0.3 is 6.18 Å². The molecule has 6 heteroatoms. The first-order valence-electron chi connectivity index (χ1n) is 3.44. The second-order valence-corrected chi connectivity index (χ2v) is 2.54. The Kier molecular flexibility index (Phi) is 2.37. The zero-order valence-electron chi connectivity index (χ0n) is 6.67. The van der Waals surface area contributed by atoms with Crippen LogP contribution >= 0.6 is 0 Å². The molecule has 0 heterocycles. The highest BCUT2D eigenvalue weighted by molar-refractivity contribution is 5.79. The summed E-state index contributed by atoms with van der Waals surface area (Å²) in [6.07, 6.45) is -4.77. The van der Waals surface area contributed by atoms with E-state index >= 15 is 0 Å². The van der Waals surface area contributed by atoms with E-state index in [1.165, 1.54) is 0 Å². The maximum absolute atomic E-state index is 12.2. The first kappa shape index (κ1) is 10.4. The fraction of sp³-hybridized carbons (Fsp3) is 0.125. The van der Waals surface area contributed by atoms with Crippen LogP contribution in [-0.2, 0) is 6.18 Å².